The Hall–Kier alpha value is -1.71. The van der Waals surface area contributed by atoms with Gasteiger partial charge in [0.1, 0.15) is 0 Å². The summed E-state index contributed by atoms with van der Waals surface area (Å²) >= 11 is 0. The summed E-state index contributed by atoms with van der Waals surface area (Å²) in [5, 5.41) is 5.89. The molecule has 0 heterocycles. The molecule has 4 heteroatoms. The van der Waals surface area contributed by atoms with E-state index in [2.05, 4.69) is 24.5 Å². The first-order chi connectivity index (χ1) is 7.58. The molecule has 0 fully saturated rings. The number of hydrogen-bond acceptors (Lipinski definition) is 3. The smallest absolute Gasteiger partial charge is 0.253 e. The van der Waals surface area contributed by atoms with Gasteiger partial charge in [0.05, 0.1) is 5.56 Å². The zero-order chi connectivity index (χ0) is 12.1. The molecule has 1 aromatic carbocycles. The molecule has 1 unspecified atom stereocenters. The Kier molecular flexibility index (Phi) is 4.17. The van der Waals surface area contributed by atoms with Crippen LogP contribution in [0.5, 0.6) is 0 Å². The minimum Gasteiger partial charge on any atom is -0.399 e. The topological polar surface area (TPSA) is 67.1 Å². The first-order valence-electron chi connectivity index (χ1n) is 5.46. The highest BCUT2D eigenvalue weighted by Gasteiger charge is 2.11. The molecular weight excluding hydrogens is 202 g/mol. The van der Waals surface area contributed by atoms with Gasteiger partial charge in [-0.25, -0.2) is 0 Å². The lowest BCUT2D eigenvalue weighted by Gasteiger charge is -2.16. The number of carbonyl (C=O) groups excluding carboxylic acids is 1. The Bertz CT molecular complexity index is 377. The molecule has 1 rings (SSSR count). The molecule has 0 saturated carbocycles. The third kappa shape index (κ3) is 2.89. The van der Waals surface area contributed by atoms with Crippen LogP contribution in [0.4, 0.5) is 11.4 Å². The Morgan fingerprint density at radius 3 is 2.75 bits per heavy atom. The number of nitrogens with two attached hydrogens (primary N) is 1. The van der Waals surface area contributed by atoms with Gasteiger partial charge in [-0.15, -0.1) is 0 Å². The van der Waals surface area contributed by atoms with Gasteiger partial charge >= 0.3 is 0 Å². The molecule has 88 valence electrons. The average molecular weight is 221 g/mol. The SMILES string of the molecule is CCC(C)Nc1ccc(N)cc1C(=O)NC. The van der Waals surface area contributed by atoms with Crippen molar-refractivity contribution in [3.8, 4) is 0 Å². The second-order valence-electron chi connectivity index (χ2n) is 3.84. The van der Waals surface area contributed by atoms with Crippen molar-refractivity contribution in [2.45, 2.75) is 26.3 Å². The van der Waals surface area contributed by atoms with E-state index in [4.69, 9.17) is 5.73 Å². The molecule has 4 N–H and O–H groups in total. The van der Waals surface area contributed by atoms with E-state index < -0.39 is 0 Å². The first kappa shape index (κ1) is 12.4. The molecular formula is C12H19N3O. The summed E-state index contributed by atoms with van der Waals surface area (Å²) in [6.07, 6.45) is 0.998. The van der Waals surface area contributed by atoms with E-state index >= 15 is 0 Å². The van der Waals surface area contributed by atoms with Crippen molar-refractivity contribution in [2.24, 2.45) is 0 Å². The Labute approximate surface area is 96.2 Å². The van der Waals surface area contributed by atoms with Gasteiger partial charge in [0.25, 0.3) is 5.91 Å². The number of nitrogens with one attached hydrogen (secondary N) is 2. The van der Waals surface area contributed by atoms with E-state index in [0.29, 0.717) is 17.3 Å². The minimum atomic E-state index is -0.127. The number of benzene rings is 1. The molecule has 0 spiro atoms. The van der Waals surface area contributed by atoms with Crippen LogP contribution in [0.1, 0.15) is 30.6 Å². The van der Waals surface area contributed by atoms with Crippen LogP contribution in [0.25, 0.3) is 0 Å². The van der Waals surface area contributed by atoms with Crippen LogP contribution in [0.3, 0.4) is 0 Å². The summed E-state index contributed by atoms with van der Waals surface area (Å²) in [6, 6.07) is 5.64. The molecule has 0 bridgehead atoms. The fourth-order valence-corrected chi connectivity index (χ4v) is 1.38. The molecule has 1 amide bonds. The maximum atomic E-state index is 11.6. The summed E-state index contributed by atoms with van der Waals surface area (Å²) in [7, 11) is 1.61. The predicted octanol–water partition coefficient (Wildman–Crippen LogP) is 1.84. The first-order valence-corrected chi connectivity index (χ1v) is 5.46. The monoisotopic (exact) mass is 221 g/mol. The van der Waals surface area contributed by atoms with E-state index in [0.717, 1.165) is 12.1 Å². The van der Waals surface area contributed by atoms with Gasteiger partial charge in [0, 0.05) is 24.5 Å². The number of anilines is 2. The molecule has 1 atom stereocenters. The van der Waals surface area contributed by atoms with Gasteiger partial charge in [-0.2, -0.15) is 0 Å². The quantitative estimate of drug-likeness (QED) is 0.680. The maximum absolute atomic E-state index is 11.6. The van der Waals surface area contributed by atoms with E-state index in [-0.39, 0.29) is 5.91 Å². The van der Waals surface area contributed by atoms with Crippen molar-refractivity contribution < 1.29 is 4.79 Å². The van der Waals surface area contributed by atoms with Crippen LogP contribution in [0.15, 0.2) is 18.2 Å². The van der Waals surface area contributed by atoms with E-state index in [1.807, 2.05) is 6.07 Å². The number of rotatable bonds is 4. The second-order valence-corrected chi connectivity index (χ2v) is 3.84. The van der Waals surface area contributed by atoms with E-state index in [1.54, 1.807) is 19.2 Å². The van der Waals surface area contributed by atoms with Gasteiger partial charge in [0.15, 0.2) is 0 Å². The molecule has 0 saturated heterocycles. The zero-order valence-electron chi connectivity index (χ0n) is 10.0. The van der Waals surface area contributed by atoms with E-state index in [9.17, 15) is 4.79 Å². The van der Waals surface area contributed by atoms with Gasteiger partial charge in [0.2, 0.25) is 0 Å². The van der Waals surface area contributed by atoms with Crippen molar-refractivity contribution in [2.75, 3.05) is 18.1 Å². The molecule has 0 aliphatic heterocycles. The lowest BCUT2D eigenvalue weighted by atomic mass is 10.1. The predicted molar refractivity (Wildman–Crippen MR) is 67.6 cm³/mol. The number of nitrogen functional groups attached to an aromatic ring is 1. The third-order valence-electron chi connectivity index (χ3n) is 2.53. The average Bonchev–Trinajstić information content (AvgIpc) is 2.30. The van der Waals surface area contributed by atoms with Gasteiger partial charge in [-0.3, -0.25) is 4.79 Å². The standard InChI is InChI=1S/C12H19N3O/c1-4-8(2)15-11-6-5-9(13)7-10(11)12(16)14-3/h5-8,15H,4,13H2,1-3H3,(H,14,16). The highest BCUT2D eigenvalue weighted by molar-refractivity contribution is 6.00. The van der Waals surface area contributed by atoms with Gasteiger partial charge in [-0.1, -0.05) is 6.92 Å². The van der Waals surface area contributed by atoms with Crippen LogP contribution >= 0.6 is 0 Å². The zero-order valence-corrected chi connectivity index (χ0v) is 10.0. The molecule has 0 aliphatic carbocycles. The van der Waals surface area contributed by atoms with Crippen LogP contribution in [0.2, 0.25) is 0 Å². The molecule has 0 radical (unpaired) electrons. The van der Waals surface area contributed by atoms with Crippen LogP contribution < -0.4 is 16.4 Å². The Morgan fingerprint density at radius 2 is 2.19 bits per heavy atom. The Morgan fingerprint density at radius 1 is 1.50 bits per heavy atom. The number of carbonyl (C=O) groups is 1. The van der Waals surface area contributed by atoms with Crippen molar-refractivity contribution >= 4 is 17.3 Å². The second kappa shape index (κ2) is 5.39. The van der Waals surface area contributed by atoms with Gasteiger partial charge in [-0.05, 0) is 31.5 Å². The molecule has 4 nitrogen and oxygen atoms in total. The minimum absolute atomic E-state index is 0.127. The summed E-state index contributed by atoms with van der Waals surface area (Å²) in [5.74, 6) is -0.127. The fourth-order valence-electron chi connectivity index (χ4n) is 1.38. The summed E-state index contributed by atoms with van der Waals surface area (Å²) < 4.78 is 0. The van der Waals surface area contributed by atoms with Crippen molar-refractivity contribution in [3.05, 3.63) is 23.8 Å². The fraction of sp³-hybridized carbons (Fsp3) is 0.417. The van der Waals surface area contributed by atoms with Crippen molar-refractivity contribution in [1.82, 2.24) is 5.32 Å². The highest BCUT2D eigenvalue weighted by Crippen LogP contribution is 2.20. The van der Waals surface area contributed by atoms with E-state index in [1.165, 1.54) is 0 Å². The lowest BCUT2D eigenvalue weighted by Crippen LogP contribution is -2.22. The number of hydrogen-bond donors (Lipinski definition) is 3. The third-order valence-corrected chi connectivity index (χ3v) is 2.53. The maximum Gasteiger partial charge on any atom is 0.253 e. The normalized spacial score (nSPS) is 11.9. The summed E-state index contributed by atoms with van der Waals surface area (Å²) in [6.45, 7) is 4.17. The molecule has 1 aromatic rings. The summed E-state index contributed by atoms with van der Waals surface area (Å²) in [5.41, 5.74) is 7.67. The van der Waals surface area contributed by atoms with Crippen LogP contribution in [-0.2, 0) is 0 Å². The number of amides is 1. The Balaban J connectivity index is 3.02. The summed E-state index contributed by atoms with van der Waals surface area (Å²) in [4.78, 5) is 11.6. The van der Waals surface area contributed by atoms with Crippen LogP contribution in [0, 0.1) is 0 Å². The van der Waals surface area contributed by atoms with Crippen molar-refractivity contribution in [3.63, 3.8) is 0 Å². The largest absolute Gasteiger partial charge is 0.399 e. The molecule has 0 aliphatic rings. The van der Waals surface area contributed by atoms with Gasteiger partial charge < -0.3 is 16.4 Å². The highest BCUT2D eigenvalue weighted by atomic mass is 16.1. The van der Waals surface area contributed by atoms with Crippen molar-refractivity contribution in [1.29, 1.82) is 0 Å². The van der Waals surface area contributed by atoms with Crippen LogP contribution in [-0.4, -0.2) is 19.0 Å². The molecule has 16 heavy (non-hydrogen) atoms. The lowest BCUT2D eigenvalue weighted by molar-refractivity contribution is 0.0964. The molecule has 0 aromatic heterocycles.